The van der Waals surface area contributed by atoms with E-state index in [0.29, 0.717) is 31.5 Å². The number of hydrogen-bond acceptors (Lipinski definition) is 3. The third kappa shape index (κ3) is 4.70. The number of nitrogens with one attached hydrogen (secondary N) is 1. The van der Waals surface area contributed by atoms with Crippen molar-refractivity contribution in [3.05, 3.63) is 0 Å². The molecule has 0 bridgehead atoms. The fourth-order valence-electron chi connectivity index (χ4n) is 2.82. The molecule has 21 heavy (non-hydrogen) atoms. The summed E-state index contributed by atoms with van der Waals surface area (Å²) in [6.07, 6.45) is 4.58. The zero-order valence-electron chi connectivity index (χ0n) is 13.2. The second-order valence-corrected chi connectivity index (χ2v) is 6.59. The van der Waals surface area contributed by atoms with Crippen LogP contribution in [0, 0.1) is 23.7 Å². The van der Waals surface area contributed by atoms with E-state index in [-0.39, 0.29) is 30.3 Å². The monoisotopic (exact) mass is 296 g/mol. The quantitative estimate of drug-likeness (QED) is 0.667. The van der Waals surface area contributed by atoms with E-state index >= 15 is 0 Å². The molecule has 0 radical (unpaired) electrons. The Morgan fingerprint density at radius 2 is 1.67 bits per heavy atom. The number of rotatable bonds is 9. The average Bonchev–Trinajstić information content (AvgIpc) is 3.34. The van der Waals surface area contributed by atoms with Crippen molar-refractivity contribution in [2.75, 3.05) is 26.2 Å². The average molecular weight is 296 g/mol. The van der Waals surface area contributed by atoms with Crippen LogP contribution in [0.5, 0.6) is 0 Å². The SMILES string of the molecule is C[C@@H](C(=O)NCCN(CCO)C(=O)[C@H](C)C1CC1)C1CC1. The number of hydrogen-bond donors (Lipinski definition) is 2. The van der Waals surface area contributed by atoms with Crippen molar-refractivity contribution in [1.29, 1.82) is 0 Å². The van der Waals surface area contributed by atoms with Crippen molar-refractivity contribution in [2.24, 2.45) is 23.7 Å². The van der Waals surface area contributed by atoms with Crippen LogP contribution in [0.4, 0.5) is 0 Å². The van der Waals surface area contributed by atoms with Gasteiger partial charge in [-0.3, -0.25) is 9.59 Å². The van der Waals surface area contributed by atoms with E-state index in [1.165, 1.54) is 0 Å². The standard InChI is InChI=1S/C16H28N2O3/c1-11(13-3-4-13)15(20)17-7-8-18(9-10-19)16(21)12(2)14-5-6-14/h11-14,19H,3-10H2,1-2H3,(H,17,20)/t11-,12-/m1/s1. The molecule has 2 fully saturated rings. The lowest BCUT2D eigenvalue weighted by molar-refractivity contribution is -0.136. The molecular formula is C16H28N2O3. The zero-order chi connectivity index (χ0) is 15.4. The van der Waals surface area contributed by atoms with Crippen LogP contribution in [-0.2, 0) is 9.59 Å². The number of carbonyl (C=O) groups is 2. The van der Waals surface area contributed by atoms with Crippen LogP contribution in [0.2, 0.25) is 0 Å². The van der Waals surface area contributed by atoms with Gasteiger partial charge in [-0.25, -0.2) is 0 Å². The number of aliphatic hydroxyl groups is 1. The summed E-state index contributed by atoms with van der Waals surface area (Å²) >= 11 is 0. The summed E-state index contributed by atoms with van der Waals surface area (Å²) in [5, 5.41) is 12.0. The molecule has 2 atom stereocenters. The van der Waals surface area contributed by atoms with Crippen LogP contribution < -0.4 is 5.32 Å². The highest BCUT2D eigenvalue weighted by Crippen LogP contribution is 2.37. The second-order valence-electron chi connectivity index (χ2n) is 6.59. The smallest absolute Gasteiger partial charge is 0.225 e. The largest absolute Gasteiger partial charge is 0.395 e. The third-order valence-corrected chi connectivity index (χ3v) is 4.82. The molecule has 0 aromatic carbocycles. The van der Waals surface area contributed by atoms with Crippen LogP contribution in [-0.4, -0.2) is 48.1 Å². The van der Waals surface area contributed by atoms with Crippen LogP contribution in [0.1, 0.15) is 39.5 Å². The molecule has 0 unspecified atom stereocenters. The Balaban J connectivity index is 1.73. The highest BCUT2D eigenvalue weighted by Gasteiger charge is 2.35. The number of nitrogens with zero attached hydrogens (tertiary/aromatic N) is 1. The van der Waals surface area contributed by atoms with Crippen molar-refractivity contribution in [3.63, 3.8) is 0 Å². The molecule has 2 N–H and O–H groups in total. The predicted molar refractivity (Wildman–Crippen MR) is 80.5 cm³/mol. The molecule has 5 heteroatoms. The van der Waals surface area contributed by atoms with Gasteiger partial charge in [0.15, 0.2) is 0 Å². The van der Waals surface area contributed by atoms with E-state index in [2.05, 4.69) is 5.32 Å². The first-order valence-electron chi connectivity index (χ1n) is 8.22. The Bertz CT molecular complexity index is 378. The second kappa shape index (κ2) is 7.25. The van der Waals surface area contributed by atoms with Gasteiger partial charge in [-0.05, 0) is 37.5 Å². The topological polar surface area (TPSA) is 69.6 Å². The van der Waals surface area contributed by atoms with Gasteiger partial charge in [-0.15, -0.1) is 0 Å². The van der Waals surface area contributed by atoms with Gasteiger partial charge in [0.25, 0.3) is 0 Å². The first kappa shape index (κ1) is 16.3. The molecule has 2 aliphatic carbocycles. The summed E-state index contributed by atoms with van der Waals surface area (Å²) in [6, 6.07) is 0. The molecule has 0 heterocycles. The first-order chi connectivity index (χ1) is 10.0. The molecule has 0 aliphatic heterocycles. The first-order valence-corrected chi connectivity index (χ1v) is 8.22. The van der Waals surface area contributed by atoms with E-state index in [0.717, 1.165) is 25.7 Å². The molecule has 2 rings (SSSR count). The maximum atomic E-state index is 12.3. The molecule has 2 saturated carbocycles. The van der Waals surface area contributed by atoms with E-state index in [1.807, 2.05) is 13.8 Å². The van der Waals surface area contributed by atoms with Crippen molar-refractivity contribution < 1.29 is 14.7 Å². The highest BCUT2D eigenvalue weighted by atomic mass is 16.3. The lowest BCUT2D eigenvalue weighted by atomic mass is 10.0. The Morgan fingerprint density at radius 1 is 1.10 bits per heavy atom. The van der Waals surface area contributed by atoms with Crippen molar-refractivity contribution in [1.82, 2.24) is 10.2 Å². The molecule has 0 aromatic rings. The van der Waals surface area contributed by atoms with Crippen molar-refractivity contribution >= 4 is 11.8 Å². The highest BCUT2D eigenvalue weighted by molar-refractivity contribution is 5.80. The van der Waals surface area contributed by atoms with Crippen LogP contribution in [0.15, 0.2) is 0 Å². The van der Waals surface area contributed by atoms with Crippen LogP contribution in [0.25, 0.3) is 0 Å². The van der Waals surface area contributed by atoms with E-state index in [9.17, 15) is 9.59 Å². The summed E-state index contributed by atoms with van der Waals surface area (Å²) in [5.41, 5.74) is 0. The lowest BCUT2D eigenvalue weighted by Gasteiger charge is -2.25. The predicted octanol–water partition coefficient (Wildman–Crippen LogP) is 1.02. The Morgan fingerprint density at radius 3 is 2.19 bits per heavy atom. The molecule has 2 aliphatic rings. The molecule has 120 valence electrons. The van der Waals surface area contributed by atoms with Crippen molar-refractivity contribution in [3.8, 4) is 0 Å². The van der Waals surface area contributed by atoms with E-state index in [4.69, 9.17) is 5.11 Å². The summed E-state index contributed by atoms with van der Waals surface area (Å²) in [7, 11) is 0. The summed E-state index contributed by atoms with van der Waals surface area (Å²) in [5.74, 6) is 1.38. The minimum atomic E-state index is -0.0322. The third-order valence-electron chi connectivity index (χ3n) is 4.82. The maximum Gasteiger partial charge on any atom is 0.225 e. The summed E-state index contributed by atoms with van der Waals surface area (Å²) in [4.78, 5) is 26.0. The minimum Gasteiger partial charge on any atom is -0.395 e. The van der Waals surface area contributed by atoms with Gasteiger partial charge in [0.2, 0.25) is 11.8 Å². The molecule has 0 aromatic heterocycles. The maximum absolute atomic E-state index is 12.3. The fourth-order valence-corrected chi connectivity index (χ4v) is 2.82. The molecule has 0 spiro atoms. The minimum absolute atomic E-state index is 0.0322. The fraction of sp³-hybridized carbons (Fsp3) is 0.875. The van der Waals surface area contributed by atoms with Gasteiger partial charge in [0, 0.05) is 31.5 Å². The zero-order valence-corrected chi connectivity index (χ0v) is 13.2. The van der Waals surface area contributed by atoms with Gasteiger partial charge in [0.05, 0.1) is 6.61 Å². The lowest BCUT2D eigenvalue weighted by Crippen LogP contribution is -2.43. The van der Waals surface area contributed by atoms with Gasteiger partial charge >= 0.3 is 0 Å². The van der Waals surface area contributed by atoms with Gasteiger partial charge in [-0.1, -0.05) is 13.8 Å². The molecule has 2 amide bonds. The van der Waals surface area contributed by atoms with Gasteiger partial charge in [-0.2, -0.15) is 0 Å². The Kier molecular flexibility index (Phi) is 5.62. The van der Waals surface area contributed by atoms with Crippen LogP contribution >= 0.6 is 0 Å². The van der Waals surface area contributed by atoms with Gasteiger partial charge < -0.3 is 15.3 Å². The Hall–Kier alpha value is -1.10. The Labute approximate surface area is 127 Å². The molecule has 5 nitrogen and oxygen atoms in total. The number of carbonyl (C=O) groups excluding carboxylic acids is 2. The summed E-state index contributed by atoms with van der Waals surface area (Å²) < 4.78 is 0. The normalized spacial score (nSPS) is 20.7. The number of aliphatic hydroxyl groups excluding tert-OH is 1. The number of amides is 2. The van der Waals surface area contributed by atoms with Crippen LogP contribution in [0.3, 0.4) is 0 Å². The van der Waals surface area contributed by atoms with E-state index in [1.54, 1.807) is 4.90 Å². The van der Waals surface area contributed by atoms with E-state index < -0.39 is 0 Å². The van der Waals surface area contributed by atoms with Crippen molar-refractivity contribution in [2.45, 2.75) is 39.5 Å². The summed E-state index contributed by atoms with van der Waals surface area (Å²) in [6.45, 7) is 5.22. The molecule has 0 saturated heterocycles. The van der Waals surface area contributed by atoms with Gasteiger partial charge in [0.1, 0.15) is 0 Å². The molecular weight excluding hydrogens is 268 g/mol.